The second kappa shape index (κ2) is 8.43. The molecule has 0 radical (unpaired) electrons. The van der Waals surface area contributed by atoms with Gasteiger partial charge in [0.2, 0.25) is 0 Å². The van der Waals surface area contributed by atoms with Gasteiger partial charge in [-0.1, -0.05) is 40.2 Å². The molecule has 0 spiro atoms. The van der Waals surface area contributed by atoms with Crippen LogP contribution in [0.4, 0.5) is 5.95 Å². The van der Waals surface area contributed by atoms with Crippen LogP contribution in [-0.4, -0.2) is 48.1 Å². The highest BCUT2D eigenvalue weighted by atomic mass is 79.9. The van der Waals surface area contributed by atoms with Crippen molar-refractivity contribution in [2.75, 3.05) is 38.6 Å². The molecule has 3 aromatic rings. The lowest BCUT2D eigenvalue weighted by atomic mass is 10.1. The molecule has 4 rings (SSSR count). The highest BCUT2D eigenvalue weighted by Crippen LogP contribution is 2.18. The van der Waals surface area contributed by atoms with Crippen LogP contribution >= 0.6 is 15.9 Å². The number of anilines is 1. The molecule has 0 unspecified atom stereocenters. The lowest BCUT2D eigenvalue weighted by molar-refractivity contribution is -0.642. The summed E-state index contributed by atoms with van der Waals surface area (Å²) in [6.45, 7) is 5.36. The number of rotatable bonds is 6. The van der Waals surface area contributed by atoms with Crippen LogP contribution in [0, 0.1) is 0 Å². The van der Waals surface area contributed by atoms with Crippen LogP contribution in [-0.2, 0) is 17.8 Å². The number of morpholine rings is 1. The van der Waals surface area contributed by atoms with Gasteiger partial charge in [0.1, 0.15) is 17.6 Å². The largest absolute Gasteiger partial charge is 0.379 e. The molecule has 0 atom stereocenters. The topological polar surface area (TPSA) is 64.4 Å². The molecule has 2 aromatic carbocycles. The average molecular weight is 444 g/mol. The van der Waals surface area contributed by atoms with Crippen molar-refractivity contribution in [2.45, 2.75) is 13.1 Å². The molecular formula is C21H24BrN4O2+. The van der Waals surface area contributed by atoms with Gasteiger partial charge < -0.3 is 4.74 Å². The van der Waals surface area contributed by atoms with E-state index in [-0.39, 0.29) is 12.3 Å². The molecule has 2 N–H and O–H groups in total. The Hall–Kier alpha value is -2.22. The summed E-state index contributed by atoms with van der Waals surface area (Å²) in [6, 6.07) is 15.5. The normalized spacial score (nSPS) is 15.2. The van der Waals surface area contributed by atoms with Crippen LogP contribution in [0.2, 0.25) is 0 Å². The number of hydrogen-bond acceptors (Lipinski definition) is 4. The predicted molar refractivity (Wildman–Crippen MR) is 112 cm³/mol. The minimum atomic E-state index is 0.0362. The molecule has 1 fully saturated rings. The average Bonchev–Trinajstić information content (AvgIpc) is 2.98. The van der Waals surface area contributed by atoms with Crippen molar-refractivity contribution in [2.24, 2.45) is 0 Å². The maximum Gasteiger partial charge on any atom is 0.356 e. The van der Waals surface area contributed by atoms with Crippen LogP contribution in [0.25, 0.3) is 11.0 Å². The van der Waals surface area contributed by atoms with E-state index in [1.807, 2.05) is 47.0 Å². The van der Waals surface area contributed by atoms with Crippen molar-refractivity contribution in [3.63, 3.8) is 0 Å². The van der Waals surface area contributed by atoms with E-state index >= 15 is 0 Å². The molecule has 0 amide bonds. The first kappa shape index (κ1) is 19.1. The van der Waals surface area contributed by atoms with Gasteiger partial charge in [-0.25, -0.2) is 9.13 Å². The first-order chi connectivity index (χ1) is 13.6. The van der Waals surface area contributed by atoms with Gasteiger partial charge in [-0.2, -0.15) is 0 Å². The van der Waals surface area contributed by atoms with Crippen LogP contribution in [0.1, 0.15) is 10.4 Å². The summed E-state index contributed by atoms with van der Waals surface area (Å²) in [7, 11) is 0. The number of fused-ring (bicyclic) bond motifs is 1. The molecule has 28 heavy (non-hydrogen) atoms. The summed E-state index contributed by atoms with van der Waals surface area (Å²) < 4.78 is 10.3. The number of Topliss-reactive ketones (excluding diaryl/α,β-unsaturated/α-hetero) is 1. The number of para-hydroxylation sites is 2. The third kappa shape index (κ3) is 3.97. The molecular weight excluding hydrogens is 420 g/mol. The number of ether oxygens (including phenoxy) is 1. The molecule has 2 heterocycles. The molecule has 6 nitrogen and oxygen atoms in total. The zero-order valence-corrected chi connectivity index (χ0v) is 17.3. The summed E-state index contributed by atoms with van der Waals surface area (Å²) in [5.41, 5.74) is 9.21. The number of benzene rings is 2. The fourth-order valence-corrected chi connectivity index (χ4v) is 4.08. The number of carbonyl (C=O) groups is 1. The molecule has 0 aliphatic carbocycles. The SMILES string of the molecule is Nc1n(CCN2CCOCC2)c2ccccc2[n+]1CC(=O)c1cccc(Br)c1. The second-order valence-electron chi connectivity index (χ2n) is 6.97. The van der Waals surface area contributed by atoms with Crippen molar-refractivity contribution in [3.8, 4) is 0 Å². The maximum absolute atomic E-state index is 12.8. The number of carbonyl (C=O) groups excluding carboxylic acids is 1. The van der Waals surface area contributed by atoms with Crippen molar-refractivity contribution >= 4 is 38.7 Å². The summed E-state index contributed by atoms with van der Waals surface area (Å²) in [5, 5.41) is 0. The number of nitrogens with zero attached hydrogens (tertiary/aromatic N) is 3. The zero-order valence-electron chi connectivity index (χ0n) is 15.7. The first-order valence-corrected chi connectivity index (χ1v) is 10.3. The van der Waals surface area contributed by atoms with Gasteiger partial charge in [-0.05, 0) is 24.3 Å². The molecule has 0 bridgehead atoms. The molecule has 1 saturated heterocycles. The fourth-order valence-electron chi connectivity index (χ4n) is 3.68. The van der Waals surface area contributed by atoms with Gasteiger partial charge in [-0.3, -0.25) is 15.4 Å². The fraction of sp³-hybridized carbons (Fsp3) is 0.333. The Balaban J connectivity index is 1.61. The Kier molecular flexibility index (Phi) is 5.75. The van der Waals surface area contributed by atoms with Crippen molar-refractivity contribution < 1.29 is 14.1 Å². The summed E-state index contributed by atoms with van der Waals surface area (Å²) in [5.74, 6) is 0.645. The predicted octanol–water partition coefficient (Wildman–Crippen LogP) is 2.49. The molecule has 1 aliphatic heterocycles. The maximum atomic E-state index is 12.8. The van der Waals surface area contributed by atoms with Gasteiger partial charge in [0.05, 0.1) is 19.8 Å². The highest BCUT2D eigenvalue weighted by molar-refractivity contribution is 9.10. The number of hydrogen-bond donors (Lipinski definition) is 1. The van der Waals surface area contributed by atoms with E-state index < -0.39 is 0 Å². The zero-order chi connectivity index (χ0) is 19.5. The van der Waals surface area contributed by atoms with E-state index in [4.69, 9.17) is 10.5 Å². The standard InChI is InChI=1S/C21H23BrN4O2/c22-17-5-3-4-16(14-17)20(27)15-26-19-7-2-1-6-18(19)25(21(26)23)9-8-24-10-12-28-13-11-24/h1-7,14,23H,8-13,15H2/p+1. The molecule has 0 saturated carbocycles. The Morgan fingerprint density at radius 3 is 2.68 bits per heavy atom. The van der Waals surface area contributed by atoms with Gasteiger partial charge in [0, 0.05) is 29.7 Å². The number of nitrogen functional groups attached to an aromatic ring is 1. The Labute approximate surface area is 172 Å². The number of nitrogens with two attached hydrogens (primary N) is 1. The van der Waals surface area contributed by atoms with Crippen LogP contribution < -0.4 is 10.3 Å². The van der Waals surface area contributed by atoms with E-state index in [1.54, 1.807) is 0 Å². The highest BCUT2D eigenvalue weighted by Gasteiger charge is 2.24. The number of ketones is 1. The van der Waals surface area contributed by atoms with Gasteiger partial charge in [-0.15, -0.1) is 0 Å². The van der Waals surface area contributed by atoms with Gasteiger partial charge >= 0.3 is 5.95 Å². The van der Waals surface area contributed by atoms with Crippen molar-refractivity contribution in [1.82, 2.24) is 9.47 Å². The van der Waals surface area contributed by atoms with E-state index in [1.165, 1.54) is 0 Å². The smallest absolute Gasteiger partial charge is 0.356 e. The van der Waals surface area contributed by atoms with Gasteiger partial charge in [0.15, 0.2) is 5.78 Å². The summed E-state index contributed by atoms with van der Waals surface area (Å²) >= 11 is 3.43. The van der Waals surface area contributed by atoms with Crippen molar-refractivity contribution in [3.05, 3.63) is 58.6 Å². The minimum Gasteiger partial charge on any atom is -0.379 e. The van der Waals surface area contributed by atoms with E-state index in [0.717, 1.165) is 54.9 Å². The van der Waals surface area contributed by atoms with E-state index in [9.17, 15) is 4.79 Å². The second-order valence-corrected chi connectivity index (χ2v) is 7.89. The minimum absolute atomic E-state index is 0.0362. The Bertz CT molecular complexity index is 995. The third-order valence-electron chi connectivity index (χ3n) is 5.21. The van der Waals surface area contributed by atoms with E-state index in [2.05, 4.69) is 31.5 Å². The van der Waals surface area contributed by atoms with Crippen molar-refractivity contribution in [1.29, 1.82) is 0 Å². The molecule has 1 aliphatic rings. The summed E-state index contributed by atoms with van der Waals surface area (Å²) in [4.78, 5) is 15.2. The lowest BCUT2D eigenvalue weighted by Gasteiger charge is -2.25. The third-order valence-corrected chi connectivity index (χ3v) is 5.70. The van der Waals surface area contributed by atoms with Crippen LogP contribution in [0.5, 0.6) is 0 Å². The molecule has 146 valence electrons. The molecule has 7 heteroatoms. The first-order valence-electron chi connectivity index (χ1n) is 9.49. The Morgan fingerprint density at radius 2 is 1.89 bits per heavy atom. The Morgan fingerprint density at radius 1 is 1.11 bits per heavy atom. The number of aromatic nitrogens is 2. The summed E-state index contributed by atoms with van der Waals surface area (Å²) in [6.07, 6.45) is 0. The van der Waals surface area contributed by atoms with Crippen LogP contribution in [0.15, 0.2) is 53.0 Å². The number of halogens is 1. The van der Waals surface area contributed by atoms with E-state index in [0.29, 0.717) is 11.5 Å². The quantitative estimate of drug-likeness (QED) is 0.469. The monoisotopic (exact) mass is 443 g/mol. The van der Waals surface area contributed by atoms with Crippen LogP contribution in [0.3, 0.4) is 0 Å². The number of imidazole rings is 1. The molecule has 1 aromatic heterocycles. The van der Waals surface area contributed by atoms with Gasteiger partial charge in [0.25, 0.3) is 0 Å². The lowest BCUT2D eigenvalue weighted by Crippen LogP contribution is -2.41.